The first-order valence-corrected chi connectivity index (χ1v) is 23.7. The normalized spacial score (nSPS) is 29.6. The van der Waals surface area contributed by atoms with Gasteiger partial charge < -0.3 is 4.65 Å². The lowest BCUT2D eigenvalue weighted by Crippen LogP contribution is -2.38. The van der Waals surface area contributed by atoms with E-state index in [-0.39, 0.29) is 6.92 Å². The Hall–Kier alpha value is -2.84. The molecule has 8 rings (SSSR count). The summed E-state index contributed by atoms with van der Waals surface area (Å²) < 4.78 is 6.90. The maximum absolute atomic E-state index is 6.90. The minimum absolute atomic E-state index is 0.0170. The third-order valence-corrected chi connectivity index (χ3v) is 14.7. The van der Waals surface area contributed by atoms with Crippen molar-refractivity contribution in [2.24, 2.45) is 0 Å². The largest absolute Gasteiger partial charge is 0.430 e. The van der Waals surface area contributed by atoms with Gasteiger partial charge in [-0.15, -0.1) is 0 Å². The summed E-state index contributed by atoms with van der Waals surface area (Å²) >= 11 is 0. The number of allylic oxidation sites excluding steroid dienone is 10. The van der Waals surface area contributed by atoms with Crippen LogP contribution in [0.5, 0.6) is 0 Å². The monoisotopic (exact) mass is 735 g/mol. The van der Waals surface area contributed by atoms with Crippen LogP contribution in [0.4, 0.5) is 0 Å². The zero-order chi connectivity index (χ0) is 37.2. The van der Waals surface area contributed by atoms with Gasteiger partial charge in [0.15, 0.2) is 0 Å². The second-order valence-corrected chi connectivity index (χ2v) is 18.2. The molecule has 0 fully saturated rings. The molecule has 292 valence electrons. The van der Waals surface area contributed by atoms with E-state index >= 15 is 0 Å². The Balaban J connectivity index is 1.54. The lowest BCUT2D eigenvalue weighted by molar-refractivity contribution is 0.432. The molecule has 0 aromatic heterocycles. The maximum Gasteiger partial charge on any atom is 0.358 e. The highest BCUT2D eigenvalue weighted by Gasteiger charge is 2.33. The molecule has 5 aliphatic carbocycles. The molecule has 2 heteroatoms. The highest BCUT2D eigenvalue weighted by Crippen LogP contribution is 2.48. The van der Waals surface area contributed by atoms with E-state index < -0.39 is 0 Å². The van der Waals surface area contributed by atoms with Crippen LogP contribution < -0.4 is 5.46 Å². The quantitative estimate of drug-likeness (QED) is 0.265. The predicted octanol–water partition coefficient (Wildman–Crippen LogP) is 15.5. The van der Waals surface area contributed by atoms with Crippen molar-refractivity contribution in [2.75, 3.05) is 7.11 Å². The van der Waals surface area contributed by atoms with Gasteiger partial charge in [0.05, 0.1) is 0 Å². The molecular formula is C53H71BO. The van der Waals surface area contributed by atoms with Gasteiger partial charge >= 0.3 is 6.92 Å². The summed E-state index contributed by atoms with van der Waals surface area (Å²) in [5, 5.41) is 0. The molecule has 0 N–H and O–H groups in total. The first-order chi connectivity index (χ1) is 27.3. The lowest BCUT2D eigenvalue weighted by Gasteiger charge is -2.32. The Morgan fingerprint density at radius 2 is 0.618 bits per heavy atom. The molecule has 1 aliphatic heterocycles. The minimum atomic E-state index is -0.0170. The average molecular weight is 735 g/mol. The van der Waals surface area contributed by atoms with Crippen molar-refractivity contribution in [1.29, 1.82) is 0 Å². The van der Waals surface area contributed by atoms with Crippen molar-refractivity contribution in [3.63, 3.8) is 0 Å². The fourth-order valence-corrected chi connectivity index (χ4v) is 12.0. The Kier molecular flexibility index (Phi) is 13.9. The van der Waals surface area contributed by atoms with Gasteiger partial charge in [0, 0.05) is 7.11 Å². The van der Waals surface area contributed by atoms with E-state index in [1.807, 2.05) is 35.0 Å². The molecule has 2 aromatic carbocycles. The van der Waals surface area contributed by atoms with Crippen LogP contribution in [0.15, 0.2) is 98.6 Å². The van der Waals surface area contributed by atoms with E-state index in [9.17, 15) is 0 Å². The van der Waals surface area contributed by atoms with Crippen molar-refractivity contribution in [3.8, 4) is 11.1 Å². The summed E-state index contributed by atoms with van der Waals surface area (Å²) in [5.74, 6) is 0. The molecule has 55 heavy (non-hydrogen) atoms. The third kappa shape index (κ3) is 8.86. The summed E-state index contributed by atoms with van der Waals surface area (Å²) in [6, 6.07) is 19.1. The van der Waals surface area contributed by atoms with Crippen LogP contribution in [-0.4, -0.2) is 14.0 Å². The van der Waals surface area contributed by atoms with E-state index in [2.05, 4.69) is 48.5 Å². The lowest BCUT2D eigenvalue weighted by atomic mass is 9.49. The average Bonchev–Trinajstić information content (AvgIpc) is 3.15. The van der Waals surface area contributed by atoms with Crippen molar-refractivity contribution in [3.05, 3.63) is 104 Å². The second kappa shape index (κ2) is 19.5. The molecule has 0 saturated carbocycles. The van der Waals surface area contributed by atoms with Crippen molar-refractivity contribution in [2.45, 2.75) is 193 Å². The third-order valence-electron chi connectivity index (χ3n) is 14.7. The fourth-order valence-electron chi connectivity index (χ4n) is 12.0. The van der Waals surface area contributed by atoms with Crippen LogP contribution in [0.25, 0.3) is 16.7 Å². The number of benzene rings is 2. The minimum Gasteiger partial charge on any atom is -0.430 e. The standard InChI is InChI=1S/C53H71BO/c1-55-54-52-38-21-11-10-20-36-50(52)48-33-19-9-8-18-32-46(48)44-30-16-6-4-14-28-42(44)40-26-12-2-3-13-27-41(40)43-29-15-5-7-17-31-45(43)47-34-22-23-35-49(47)51-37-24-25-39-53(51)54/h22-25,34-35,37,39H,2-21,26-33,36,38H2,1H3/b41-40-,44-42-,45-43-,48-46-,52-50-. The zero-order valence-electron chi connectivity index (χ0n) is 34.8. The molecule has 0 bridgehead atoms. The van der Waals surface area contributed by atoms with Crippen LogP contribution in [-0.2, 0) is 4.65 Å². The van der Waals surface area contributed by atoms with Gasteiger partial charge in [-0.3, -0.25) is 0 Å². The van der Waals surface area contributed by atoms with Gasteiger partial charge in [-0.05, 0) is 189 Å². The molecule has 0 spiro atoms. The Morgan fingerprint density at radius 3 is 1.05 bits per heavy atom. The van der Waals surface area contributed by atoms with Gasteiger partial charge in [0.25, 0.3) is 0 Å². The highest BCUT2D eigenvalue weighted by molar-refractivity contribution is 6.75. The topological polar surface area (TPSA) is 9.23 Å². The Bertz CT molecular complexity index is 1810. The molecule has 0 saturated heterocycles. The van der Waals surface area contributed by atoms with Crippen molar-refractivity contribution >= 4 is 18.0 Å². The second-order valence-electron chi connectivity index (χ2n) is 18.2. The molecule has 0 unspecified atom stereocenters. The summed E-state index contributed by atoms with van der Waals surface area (Å²) in [5.41, 5.74) is 23.5. The van der Waals surface area contributed by atoms with E-state index in [4.69, 9.17) is 4.65 Å². The zero-order valence-corrected chi connectivity index (χ0v) is 34.8. The first-order valence-electron chi connectivity index (χ1n) is 23.7. The fraction of sp³-hybridized carbons (Fsp3) is 0.585. The molecule has 1 heterocycles. The van der Waals surface area contributed by atoms with E-state index in [1.54, 1.807) is 27.8 Å². The van der Waals surface area contributed by atoms with Crippen LogP contribution in [0.2, 0.25) is 0 Å². The number of hydrogen-bond acceptors (Lipinski definition) is 1. The number of fused-ring (bicyclic) bond motifs is 8. The summed E-state index contributed by atoms with van der Waals surface area (Å²) in [4.78, 5) is 0. The van der Waals surface area contributed by atoms with Crippen molar-refractivity contribution < 1.29 is 4.65 Å². The first kappa shape index (κ1) is 39.0. The number of rotatable bonds is 1. The van der Waals surface area contributed by atoms with E-state index in [0.717, 1.165) is 6.42 Å². The maximum atomic E-state index is 6.90. The smallest absolute Gasteiger partial charge is 0.358 e. The van der Waals surface area contributed by atoms with E-state index in [0.29, 0.717) is 0 Å². The molecule has 0 amide bonds. The molecular weight excluding hydrogens is 663 g/mol. The van der Waals surface area contributed by atoms with Gasteiger partial charge in [-0.1, -0.05) is 130 Å². The van der Waals surface area contributed by atoms with Gasteiger partial charge in [-0.25, -0.2) is 0 Å². The van der Waals surface area contributed by atoms with Crippen LogP contribution in [0.1, 0.15) is 198 Å². The number of hydrogen-bond donors (Lipinski definition) is 0. The van der Waals surface area contributed by atoms with Gasteiger partial charge in [-0.2, -0.15) is 0 Å². The SMILES string of the molecule is COB1\C2=C(CCCCCC2)/C2=C(CCCCCC2)\C2=C(CCCCCC2)/C2=C(CCCCCC2)\C2=C(\CCCCCC2)c2ccccc2-c2ccccc21. The molecule has 0 atom stereocenters. The highest BCUT2D eigenvalue weighted by atomic mass is 16.4. The Labute approximate surface area is 336 Å². The Morgan fingerprint density at radius 1 is 0.309 bits per heavy atom. The molecule has 1 nitrogen and oxygen atoms in total. The summed E-state index contributed by atoms with van der Waals surface area (Å²) in [6.45, 7) is -0.0170. The van der Waals surface area contributed by atoms with Gasteiger partial charge in [0.1, 0.15) is 0 Å². The van der Waals surface area contributed by atoms with E-state index in [1.165, 1.54) is 208 Å². The molecule has 0 radical (unpaired) electrons. The molecule has 6 aliphatic rings. The van der Waals surface area contributed by atoms with Crippen LogP contribution in [0, 0.1) is 0 Å². The summed E-state index contributed by atoms with van der Waals surface area (Å²) in [7, 11) is 2.02. The predicted molar refractivity (Wildman–Crippen MR) is 238 cm³/mol. The van der Waals surface area contributed by atoms with Crippen LogP contribution in [0.3, 0.4) is 0 Å². The summed E-state index contributed by atoms with van der Waals surface area (Å²) in [6.07, 6.45) is 39.7. The van der Waals surface area contributed by atoms with Crippen molar-refractivity contribution in [1.82, 2.24) is 0 Å². The van der Waals surface area contributed by atoms with Gasteiger partial charge in [0.2, 0.25) is 0 Å². The van der Waals surface area contributed by atoms with Crippen LogP contribution >= 0.6 is 0 Å². The molecule has 2 aromatic rings.